The molecule has 1 aromatic heterocycles. The highest BCUT2D eigenvalue weighted by atomic mass is 16.3. The Hall–Kier alpha value is -1.81. The maximum atomic E-state index is 9.77. The van der Waals surface area contributed by atoms with Crippen LogP contribution in [0.4, 0.5) is 5.69 Å². The summed E-state index contributed by atoms with van der Waals surface area (Å²) < 4.78 is 0. The van der Waals surface area contributed by atoms with E-state index in [9.17, 15) is 5.11 Å². The van der Waals surface area contributed by atoms with Gasteiger partial charge in [-0.1, -0.05) is 32.6 Å². The van der Waals surface area contributed by atoms with E-state index in [-0.39, 0.29) is 11.9 Å². The van der Waals surface area contributed by atoms with E-state index in [1.807, 2.05) is 18.2 Å². The number of unbranched alkanes of at least 4 members (excludes halogenated alkanes) is 4. The number of nitrogens with zero attached hydrogens (tertiary/aromatic N) is 1. The predicted molar refractivity (Wildman–Crippen MR) is 85.7 cm³/mol. The number of hydrogen-bond acceptors (Lipinski definition) is 4. The van der Waals surface area contributed by atoms with E-state index in [4.69, 9.17) is 0 Å². The molecule has 0 spiro atoms. The smallest absolute Gasteiger partial charge is 0.141 e. The Morgan fingerprint density at radius 1 is 1.10 bits per heavy atom. The first kappa shape index (κ1) is 16.2. The quantitative estimate of drug-likeness (QED) is 0.514. The standard InChI is InChI=1S/C16H22N2O.H3N/c1-2-3-4-5-6-11-17-14-9-10-15(19)16-13(14)8-7-12-18-16;/h7-10,12,17,19H,2-6,11H2,1H3;1H3. The minimum absolute atomic E-state index is 0. The second-order valence-electron chi connectivity index (χ2n) is 4.87. The summed E-state index contributed by atoms with van der Waals surface area (Å²) in [6.45, 7) is 3.20. The zero-order valence-electron chi connectivity index (χ0n) is 12.2. The number of pyridine rings is 1. The third-order valence-corrected chi connectivity index (χ3v) is 3.34. The van der Waals surface area contributed by atoms with Crippen molar-refractivity contribution < 1.29 is 5.11 Å². The molecule has 0 saturated carbocycles. The fourth-order valence-corrected chi connectivity index (χ4v) is 2.26. The van der Waals surface area contributed by atoms with E-state index in [0.717, 1.165) is 17.6 Å². The van der Waals surface area contributed by atoms with Crippen LogP contribution in [-0.2, 0) is 0 Å². The van der Waals surface area contributed by atoms with Crippen LogP contribution in [0, 0.1) is 0 Å². The largest absolute Gasteiger partial charge is 0.506 e. The van der Waals surface area contributed by atoms with E-state index < -0.39 is 0 Å². The summed E-state index contributed by atoms with van der Waals surface area (Å²) in [5.74, 6) is 0.240. The molecule has 0 atom stereocenters. The van der Waals surface area contributed by atoms with Crippen LogP contribution in [0.3, 0.4) is 0 Å². The second kappa shape index (κ2) is 8.38. The first-order valence-corrected chi connectivity index (χ1v) is 7.13. The molecule has 0 radical (unpaired) electrons. The maximum absolute atomic E-state index is 9.77. The van der Waals surface area contributed by atoms with Crippen molar-refractivity contribution in [3.8, 4) is 5.75 Å². The van der Waals surface area contributed by atoms with Crippen LogP contribution < -0.4 is 11.5 Å². The number of phenolic OH excluding ortho intramolecular Hbond substituents is 1. The van der Waals surface area contributed by atoms with Gasteiger partial charge in [0.1, 0.15) is 11.3 Å². The fraction of sp³-hybridized carbons (Fsp3) is 0.438. The second-order valence-corrected chi connectivity index (χ2v) is 4.87. The SMILES string of the molecule is CCCCCCCNc1ccc(O)c2ncccc12.N. The number of hydrogen-bond donors (Lipinski definition) is 3. The molecule has 0 aliphatic heterocycles. The Kier molecular flexibility index (Phi) is 6.81. The Morgan fingerprint density at radius 3 is 2.70 bits per heavy atom. The molecule has 0 aliphatic carbocycles. The number of aromatic nitrogens is 1. The van der Waals surface area contributed by atoms with Crippen molar-refractivity contribution >= 4 is 16.6 Å². The van der Waals surface area contributed by atoms with E-state index in [0.29, 0.717) is 5.52 Å². The summed E-state index contributed by atoms with van der Waals surface area (Å²) in [5.41, 5.74) is 1.72. The number of fused-ring (bicyclic) bond motifs is 1. The van der Waals surface area contributed by atoms with E-state index in [2.05, 4.69) is 17.2 Å². The van der Waals surface area contributed by atoms with E-state index in [1.54, 1.807) is 12.3 Å². The zero-order valence-corrected chi connectivity index (χ0v) is 12.2. The molecule has 20 heavy (non-hydrogen) atoms. The van der Waals surface area contributed by atoms with Gasteiger partial charge in [-0.25, -0.2) is 0 Å². The lowest BCUT2D eigenvalue weighted by Gasteiger charge is -2.10. The summed E-state index contributed by atoms with van der Waals surface area (Å²) in [4.78, 5) is 4.22. The van der Waals surface area contributed by atoms with Crippen LogP contribution in [0.15, 0.2) is 30.5 Å². The topological polar surface area (TPSA) is 80.2 Å². The van der Waals surface area contributed by atoms with Crippen LogP contribution in [-0.4, -0.2) is 16.6 Å². The highest BCUT2D eigenvalue weighted by Gasteiger charge is 2.05. The predicted octanol–water partition coefficient (Wildman–Crippen LogP) is 4.48. The summed E-state index contributed by atoms with van der Waals surface area (Å²) in [5, 5.41) is 14.2. The Morgan fingerprint density at radius 2 is 1.90 bits per heavy atom. The number of aromatic hydroxyl groups is 1. The molecule has 0 bridgehead atoms. The van der Waals surface area contributed by atoms with Gasteiger partial charge in [-0.15, -0.1) is 0 Å². The van der Waals surface area contributed by atoms with Gasteiger partial charge in [0.25, 0.3) is 0 Å². The summed E-state index contributed by atoms with van der Waals surface area (Å²) >= 11 is 0. The number of rotatable bonds is 7. The average Bonchev–Trinajstić information content (AvgIpc) is 2.45. The summed E-state index contributed by atoms with van der Waals surface area (Å²) in [7, 11) is 0. The van der Waals surface area contributed by atoms with Gasteiger partial charge in [0.05, 0.1) is 0 Å². The van der Waals surface area contributed by atoms with Crippen molar-refractivity contribution in [2.24, 2.45) is 0 Å². The minimum Gasteiger partial charge on any atom is -0.506 e. The number of nitrogens with one attached hydrogen (secondary N) is 1. The van der Waals surface area contributed by atoms with Crippen molar-refractivity contribution in [2.75, 3.05) is 11.9 Å². The van der Waals surface area contributed by atoms with Crippen molar-refractivity contribution in [3.63, 3.8) is 0 Å². The van der Waals surface area contributed by atoms with Gasteiger partial charge in [-0.2, -0.15) is 0 Å². The zero-order chi connectivity index (χ0) is 13.5. The third kappa shape index (κ3) is 4.10. The van der Waals surface area contributed by atoms with Gasteiger partial charge in [-0.3, -0.25) is 4.98 Å². The summed E-state index contributed by atoms with van der Waals surface area (Å²) in [6.07, 6.45) is 8.08. The van der Waals surface area contributed by atoms with E-state index >= 15 is 0 Å². The number of anilines is 1. The lowest BCUT2D eigenvalue weighted by atomic mass is 10.1. The normalized spacial score (nSPS) is 10.2. The fourth-order valence-electron chi connectivity index (χ4n) is 2.26. The monoisotopic (exact) mass is 275 g/mol. The van der Waals surface area contributed by atoms with Gasteiger partial charge >= 0.3 is 0 Å². The van der Waals surface area contributed by atoms with Crippen LogP contribution in [0.25, 0.3) is 10.9 Å². The van der Waals surface area contributed by atoms with Gasteiger partial charge < -0.3 is 16.6 Å². The molecular weight excluding hydrogens is 250 g/mol. The lowest BCUT2D eigenvalue weighted by molar-refractivity contribution is 0.480. The molecule has 2 aromatic rings. The molecule has 0 amide bonds. The first-order chi connectivity index (χ1) is 9.33. The minimum atomic E-state index is 0. The molecule has 5 N–H and O–H groups in total. The molecule has 1 heterocycles. The van der Waals surface area contributed by atoms with Gasteiger partial charge in [0, 0.05) is 23.8 Å². The van der Waals surface area contributed by atoms with Gasteiger partial charge in [-0.05, 0) is 30.7 Å². The average molecular weight is 275 g/mol. The third-order valence-electron chi connectivity index (χ3n) is 3.34. The van der Waals surface area contributed by atoms with Crippen LogP contribution in [0.1, 0.15) is 39.0 Å². The Labute approximate surface area is 120 Å². The van der Waals surface area contributed by atoms with Crippen molar-refractivity contribution in [1.82, 2.24) is 11.1 Å². The van der Waals surface area contributed by atoms with Crippen molar-refractivity contribution in [2.45, 2.75) is 39.0 Å². The molecule has 0 aliphatic rings. The molecule has 0 unspecified atom stereocenters. The van der Waals surface area contributed by atoms with Gasteiger partial charge in [0.2, 0.25) is 0 Å². The summed E-state index contributed by atoms with van der Waals surface area (Å²) in [6, 6.07) is 7.51. The lowest BCUT2D eigenvalue weighted by Crippen LogP contribution is -2.02. The molecule has 0 fully saturated rings. The molecular formula is C16H25N3O. The highest BCUT2D eigenvalue weighted by Crippen LogP contribution is 2.28. The Bertz CT molecular complexity index is 528. The first-order valence-electron chi connectivity index (χ1n) is 7.13. The maximum Gasteiger partial charge on any atom is 0.141 e. The molecule has 4 heteroatoms. The van der Waals surface area contributed by atoms with Crippen molar-refractivity contribution in [1.29, 1.82) is 0 Å². The molecule has 1 aromatic carbocycles. The molecule has 0 saturated heterocycles. The molecule has 4 nitrogen and oxygen atoms in total. The van der Waals surface area contributed by atoms with Crippen LogP contribution in [0.5, 0.6) is 5.75 Å². The van der Waals surface area contributed by atoms with Crippen molar-refractivity contribution in [3.05, 3.63) is 30.5 Å². The molecule has 2 rings (SSSR count). The number of phenols is 1. The Balaban J connectivity index is 0.00000200. The van der Waals surface area contributed by atoms with E-state index in [1.165, 1.54) is 32.1 Å². The number of benzene rings is 1. The van der Waals surface area contributed by atoms with Crippen LogP contribution >= 0.6 is 0 Å². The molecule has 110 valence electrons. The van der Waals surface area contributed by atoms with Crippen LogP contribution in [0.2, 0.25) is 0 Å². The highest BCUT2D eigenvalue weighted by molar-refractivity contribution is 5.94. The van der Waals surface area contributed by atoms with Gasteiger partial charge in [0.15, 0.2) is 0 Å².